The van der Waals surface area contributed by atoms with Gasteiger partial charge in [0, 0.05) is 12.1 Å². The van der Waals surface area contributed by atoms with Gasteiger partial charge in [-0.25, -0.2) is 0 Å². The van der Waals surface area contributed by atoms with Crippen molar-refractivity contribution in [1.82, 2.24) is 0 Å². The monoisotopic (exact) mass is 226 g/mol. The highest BCUT2D eigenvalue weighted by molar-refractivity contribution is 5.64. The summed E-state index contributed by atoms with van der Waals surface area (Å²) in [5.41, 5.74) is 5.71. The molecule has 0 saturated carbocycles. The SMILES string of the molecule is CCOc1cc(OCC)c([N+](=O)[O-])cc1N. The van der Waals surface area contributed by atoms with Crippen LogP contribution in [-0.4, -0.2) is 18.1 Å². The number of nitrogen functional groups attached to an aromatic ring is 1. The first-order chi connectivity index (χ1) is 7.60. The van der Waals surface area contributed by atoms with Crippen molar-refractivity contribution in [3.05, 3.63) is 22.2 Å². The third kappa shape index (κ3) is 2.53. The van der Waals surface area contributed by atoms with Crippen LogP contribution in [0, 0.1) is 10.1 Å². The van der Waals surface area contributed by atoms with Crippen LogP contribution in [0.1, 0.15) is 13.8 Å². The van der Waals surface area contributed by atoms with Crippen LogP contribution in [0.25, 0.3) is 0 Å². The third-order valence-electron chi connectivity index (χ3n) is 1.89. The van der Waals surface area contributed by atoms with E-state index in [4.69, 9.17) is 15.2 Å². The average molecular weight is 226 g/mol. The lowest BCUT2D eigenvalue weighted by Crippen LogP contribution is -2.02. The van der Waals surface area contributed by atoms with Gasteiger partial charge in [0.25, 0.3) is 0 Å². The van der Waals surface area contributed by atoms with E-state index < -0.39 is 4.92 Å². The van der Waals surface area contributed by atoms with Gasteiger partial charge >= 0.3 is 5.69 Å². The number of anilines is 1. The predicted molar refractivity (Wildman–Crippen MR) is 59.8 cm³/mol. The first kappa shape index (κ1) is 12.1. The van der Waals surface area contributed by atoms with E-state index in [9.17, 15) is 10.1 Å². The summed E-state index contributed by atoms with van der Waals surface area (Å²) in [6.45, 7) is 4.34. The molecule has 0 fully saturated rings. The van der Waals surface area contributed by atoms with Gasteiger partial charge in [0.2, 0.25) is 5.75 Å². The molecule has 6 heteroatoms. The van der Waals surface area contributed by atoms with E-state index in [1.807, 2.05) is 0 Å². The van der Waals surface area contributed by atoms with E-state index in [0.717, 1.165) is 0 Å². The Morgan fingerprint density at radius 1 is 1.25 bits per heavy atom. The maximum atomic E-state index is 10.7. The third-order valence-corrected chi connectivity index (χ3v) is 1.89. The first-order valence-corrected chi connectivity index (χ1v) is 4.93. The molecule has 1 aromatic carbocycles. The van der Waals surface area contributed by atoms with Crippen LogP contribution in [0.3, 0.4) is 0 Å². The predicted octanol–water partition coefficient (Wildman–Crippen LogP) is 1.97. The second kappa shape index (κ2) is 5.20. The van der Waals surface area contributed by atoms with Crippen LogP contribution in [-0.2, 0) is 0 Å². The summed E-state index contributed by atoms with van der Waals surface area (Å²) < 4.78 is 10.4. The van der Waals surface area contributed by atoms with Crippen LogP contribution < -0.4 is 15.2 Å². The van der Waals surface area contributed by atoms with Crippen molar-refractivity contribution in [3.63, 3.8) is 0 Å². The van der Waals surface area contributed by atoms with Gasteiger partial charge in [-0.2, -0.15) is 0 Å². The second-order valence-electron chi connectivity index (χ2n) is 2.98. The molecular weight excluding hydrogens is 212 g/mol. The molecule has 0 heterocycles. The molecule has 0 bridgehead atoms. The van der Waals surface area contributed by atoms with Gasteiger partial charge in [-0.1, -0.05) is 0 Å². The van der Waals surface area contributed by atoms with Crippen LogP contribution >= 0.6 is 0 Å². The maximum absolute atomic E-state index is 10.7. The second-order valence-corrected chi connectivity index (χ2v) is 2.98. The van der Waals surface area contributed by atoms with Gasteiger partial charge in [0.05, 0.1) is 23.8 Å². The molecule has 0 aliphatic rings. The highest BCUT2D eigenvalue weighted by Crippen LogP contribution is 2.36. The van der Waals surface area contributed by atoms with Crippen LogP contribution in [0.15, 0.2) is 12.1 Å². The van der Waals surface area contributed by atoms with Gasteiger partial charge in [-0.15, -0.1) is 0 Å². The highest BCUT2D eigenvalue weighted by atomic mass is 16.6. The Bertz CT molecular complexity index is 393. The van der Waals surface area contributed by atoms with E-state index in [-0.39, 0.29) is 17.1 Å². The quantitative estimate of drug-likeness (QED) is 0.471. The molecule has 0 saturated heterocycles. The van der Waals surface area contributed by atoms with E-state index in [0.29, 0.717) is 19.0 Å². The molecule has 0 spiro atoms. The average Bonchev–Trinajstić information content (AvgIpc) is 2.23. The number of nitrogens with zero attached hydrogens (tertiary/aromatic N) is 1. The number of nitro benzene ring substituents is 1. The maximum Gasteiger partial charge on any atom is 0.313 e. The molecule has 0 aliphatic carbocycles. The lowest BCUT2D eigenvalue weighted by atomic mass is 10.2. The van der Waals surface area contributed by atoms with Crippen molar-refractivity contribution < 1.29 is 14.4 Å². The molecule has 0 unspecified atom stereocenters. The summed E-state index contributed by atoms with van der Waals surface area (Å²) in [5.74, 6) is 0.571. The van der Waals surface area contributed by atoms with Gasteiger partial charge in [0.15, 0.2) is 0 Å². The summed E-state index contributed by atoms with van der Waals surface area (Å²) in [6, 6.07) is 2.69. The van der Waals surface area contributed by atoms with Crippen molar-refractivity contribution >= 4 is 11.4 Å². The Kier molecular flexibility index (Phi) is 3.93. The number of hydrogen-bond acceptors (Lipinski definition) is 5. The molecule has 1 aromatic rings. The largest absolute Gasteiger partial charge is 0.492 e. The molecule has 0 radical (unpaired) electrons. The molecular formula is C10H14N2O4. The van der Waals surface area contributed by atoms with Crippen molar-refractivity contribution in [3.8, 4) is 11.5 Å². The Hall–Kier alpha value is -1.98. The zero-order chi connectivity index (χ0) is 12.1. The Morgan fingerprint density at radius 3 is 2.31 bits per heavy atom. The molecule has 0 amide bonds. The fourth-order valence-electron chi connectivity index (χ4n) is 1.26. The van der Waals surface area contributed by atoms with E-state index in [1.165, 1.54) is 12.1 Å². The summed E-state index contributed by atoms with van der Waals surface area (Å²) in [6.07, 6.45) is 0. The van der Waals surface area contributed by atoms with Crippen molar-refractivity contribution in [2.75, 3.05) is 18.9 Å². The van der Waals surface area contributed by atoms with Crippen molar-refractivity contribution in [1.29, 1.82) is 0 Å². The fourth-order valence-corrected chi connectivity index (χ4v) is 1.26. The van der Waals surface area contributed by atoms with Gasteiger partial charge in [-0.3, -0.25) is 10.1 Å². The van der Waals surface area contributed by atoms with E-state index in [2.05, 4.69) is 0 Å². The Balaban J connectivity index is 3.19. The number of nitrogens with two attached hydrogens (primary N) is 1. The highest BCUT2D eigenvalue weighted by Gasteiger charge is 2.18. The minimum Gasteiger partial charge on any atom is -0.492 e. The van der Waals surface area contributed by atoms with Crippen LogP contribution in [0.5, 0.6) is 11.5 Å². The van der Waals surface area contributed by atoms with Gasteiger partial charge in [-0.05, 0) is 13.8 Å². The number of ether oxygens (including phenoxy) is 2. The topological polar surface area (TPSA) is 87.6 Å². The van der Waals surface area contributed by atoms with E-state index >= 15 is 0 Å². The molecule has 0 aromatic heterocycles. The Morgan fingerprint density at radius 2 is 1.81 bits per heavy atom. The molecule has 88 valence electrons. The standard InChI is InChI=1S/C10H14N2O4/c1-3-15-9-6-10(16-4-2)8(12(13)14)5-7(9)11/h5-6H,3-4,11H2,1-2H3. The van der Waals surface area contributed by atoms with Crippen molar-refractivity contribution in [2.24, 2.45) is 0 Å². The normalized spacial score (nSPS) is 9.88. The van der Waals surface area contributed by atoms with Gasteiger partial charge < -0.3 is 15.2 Å². The zero-order valence-corrected chi connectivity index (χ0v) is 9.23. The molecule has 6 nitrogen and oxygen atoms in total. The first-order valence-electron chi connectivity index (χ1n) is 4.93. The number of rotatable bonds is 5. The molecule has 16 heavy (non-hydrogen) atoms. The van der Waals surface area contributed by atoms with Crippen LogP contribution in [0.2, 0.25) is 0 Å². The number of hydrogen-bond donors (Lipinski definition) is 1. The lowest BCUT2D eigenvalue weighted by molar-refractivity contribution is -0.385. The Labute approximate surface area is 93.1 Å². The smallest absolute Gasteiger partial charge is 0.313 e. The minimum absolute atomic E-state index is 0.150. The van der Waals surface area contributed by atoms with Gasteiger partial charge in [0.1, 0.15) is 5.75 Å². The zero-order valence-electron chi connectivity index (χ0n) is 9.23. The minimum atomic E-state index is -0.531. The summed E-state index contributed by atoms with van der Waals surface area (Å²) in [4.78, 5) is 10.2. The summed E-state index contributed by atoms with van der Waals surface area (Å²) in [5, 5.41) is 10.7. The lowest BCUT2D eigenvalue weighted by Gasteiger charge is -2.10. The molecule has 2 N–H and O–H groups in total. The molecule has 0 atom stereocenters. The summed E-state index contributed by atoms with van der Waals surface area (Å²) in [7, 11) is 0. The fraction of sp³-hybridized carbons (Fsp3) is 0.400. The van der Waals surface area contributed by atoms with Crippen LogP contribution in [0.4, 0.5) is 11.4 Å². The van der Waals surface area contributed by atoms with Crippen molar-refractivity contribution in [2.45, 2.75) is 13.8 Å². The van der Waals surface area contributed by atoms with E-state index in [1.54, 1.807) is 13.8 Å². The molecule has 1 rings (SSSR count). The summed E-state index contributed by atoms with van der Waals surface area (Å²) >= 11 is 0. The number of benzene rings is 1. The number of nitro groups is 1. The molecule has 0 aliphatic heterocycles.